The van der Waals surface area contributed by atoms with Crippen molar-refractivity contribution in [2.75, 3.05) is 5.32 Å². The third-order valence-corrected chi connectivity index (χ3v) is 4.39. The summed E-state index contributed by atoms with van der Waals surface area (Å²) in [5.41, 5.74) is 2.69. The van der Waals surface area contributed by atoms with Crippen molar-refractivity contribution < 1.29 is 9.18 Å². The number of amides is 1. The Kier molecular flexibility index (Phi) is 4.54. The maximum atomic E-state index is 13.4. The molecule has 3 rings (SSSR count). The first-order valence-corrected chi connectivity index (χ1v) is 8.48. The van der Waals surface area contributed by atoms with Gasteiger partial charge < -0.3 is 5.32 Å². The van der Waals surface area contributed by atoms with E-state index in [1.165, 1.54) is 12.1 Å². The number of halogens is 2. The molecule has 0 saturated carbocycles. The molecule has 1 N–H and O–H groups in total. The molecule has 2 aromatic carbocycles. The first-order chi connectivity index (χ1) is 11.0. The first-order valence-electron chi connectivity index (χ1n) is 6.81. The van der Waals surface area contributed by atoms with Gasteiger partial charge in [-0.3, -0.25) is 4.79 Å². The van der Waals surface area contributed by atoms with Crippen molar-refractivity contribution in [2.45, 2.75) is 6.92 Å². The molecule has 3 nitrogen and oxygen atoms in total. The molecule has 0 radical (unpaired) electrons. The summed E-state index contributed by atoms with van der Waals surface area (Å²) in [5, 5.41) is 5.74. The monoisotopic (exact) mass is 390 g/mol. The van der Waals surface area contributed by atoms with Crippen molar-refractivity contribution in [3.8, 4) is 11.3 Å². The largest absolute Gasteiger partial charge is 0.322 e. The van der Waals surface area contributed by atoms with Crippen molar-refractivity contribution in [3.05, 3.63) is 68.7 Å². The molecule has 0 fully saturated rings. The molecule has 3 aromatic rings. The van der Waals surface area contributed by atoms with Crippen LogP contribution in [0.4, 0.5) is 10.1 Å². The molecule has 0 aliphatic carbocycles. The summed E-state index contributed by atoms with van der Waals surface area (Å²) in [6.07, 6.45) is 0. The molecule has 0 bridgehead atoms. The van der Waals surface area contributed by atoms with E-state index in [0.717, 1.165) is 16.3 Å². The Morgan fingerprint density at radius 3 is 2.78 bits per heavy atom. The van der Waals surface area contributed by atoms with E-state index in [2.05, 4.69) is 26.2 Å². The molecule has 23 heavy (non-hydrogen) atoms. The molecule has 1 amide bonds. The van der Waals surface area contributed by atoms with Crippen LogP contribution in [0.5, 0.6) is 0 Å². The van der Waals surface area contributed by atoms with Gasteiger partial charge in [0.05, 0.1) is 10.7 Å². The molecular weight excluding hydrogens is 379 g/mol. The number of hydrogen-bond donors (Lipinski definition) is 1. The number of aromatic nitrogens is 1. The van der Waals surface area contributed by atoms with Gasteiger partial charge in [-0.25, -0.2) is 9.37 Å². The molecule has 116 valence electrons. The highest BCUT2D eigenvalue weighted by atomic mass is 79.9. The summed E-state index contributed by atoms with van der Waals surface area (Å²) >= 11 is 4.76. The van der Waals surface area contributed by atoms with Gasteiger partial charge in [-0.2, -0.15) is 0 Å². The summed E-state index contributed by atoms with van der Waals surface area (Å²) in [4.78, 5) is 16.7. The molecule has 0 aliphatic rings. The normalized spacial score (nSPS) is 10.6. The van der Waals surface area contributed by atoms with Crippen molar-refractivity contribution in [2.24, 2.45) is 0 Å². The Morgan fingerprint density at radius 2 is 2.09 bits per heavy atom. The highest BCUT2D eigenvalue weighted by Gasteiger charge is 2.10. The fourth-order valence-corrected chi connectivity index (χ4v) is 3.23. The number of hydrogen-bond acceptors (Lipinski definition) is 3. The van der Waals surface area contributed by atoms with Crippen LogP contribution in [0.1, 0.15) is 15.4 Å². The lowest BCUT2D eigenvalue weighted by molar-refractivity contribution is 0.102. The maximum absolute atomic E-state index is 13.4. The maximum Gasteiger partial charge on any atom is 0.255 e. The van der Waals surface area contributed by atoms with Crippen LogP contribution >= 0.6 is 27.3 Å². The van der Waals surface area contributed by atoms with Crippen LogP contribution in [-0.2, 0) is 0 Å². The van der Waals surface area contributed by atoms with Gasteiger partial charge in [-0.1, -0.05) is 28.1 Å². The fourth-order valence-electron chi connectivity index (χ4n) is 2.14. The van der Waals surface area contributed by atoms with Gasteiger partial charge in [0.25, 0.3) is 5.91 Å². The van der Waals surface area contributed by atoms with Gasteiger partial charge >= 0.3 is 0 Å². The summed E-state index contributed by atoms with van der Waals surface area (Å²) in [7, 11) is 0. The molecule has 0 saturated heterocycles. The van der Waals surface area contributed by atoms with Crippen LogP contribution in [-0.4, -0.2) is 10.9 Å². The lowest BCUT2D eigenvalue weighted by Crippen LogP contribution is -2.12. The number of rotatable bonds is 3. The predicted octanol–water partition coefficient (Wildman–Crippen LogP) is 5.27. The lowest BCUT2D eigenvalue weighted by atomic mass is 10.1. The van der Waals surface area contributed by atoms with Crippen molar-refractivity contribution in [1.82, 2.24) is 4.98 Å². The van der Waals surface area contributed by atoms with Gasteiger partial charge in [-0.05, 0) is 37.3 Å². The molecule has 0 atom stereocenters. The minimum Gasteiger partial charge on any atom is -0.322 e. The van der Waals surface area contributed by atoms with E-state index < -0.39 is 5.82 Å². The van der Waals surface area contributed by atoms with Gasteiger partial charge in [0, 0.05) is 26.7 Å². The molecule has 6 heteroatoms. The number of benzene rings is 2. The van der Waals surface area contributed by atoms with E-state index in [4.69, 9.17) is 0 Å². The Labute approximate surface area is 145 Å². The Morgan fingerprint density at radius 1 is 1.26 bits per heavy atom. The second-order valence-corrected chi connectivity index (χ2v) is 6.92. The number of aryl methyl sites for hydroxylation is 1. The van der Waals surface area contributed by atoms with E-state index in [0.29, 0.717) is 10.2 Å². The van der Waals surface area contributed by atoms with Gasteiger partial charge in [0.15, 0.2) is 0 Å². The summed E-state index contributed by atoms with van der Waals surface area (Å²) < 4.78 is 13.9. The highest BCUT2D eigenvalue weighted by molar-refractivity contribution is 9.10. The van der Waals surface area contributed by atoms with Crippen molar-refractivity contribution >= 4 is 38.9 Å². The predicted molar refractivity (Wildman–Crippen MR) is 94.3 cm³/mol. The highest BCUT2D eigenvalue weighted by Crippen LogP contribution is 2.24. The zero-order chi connectivity index (χ0) is 16.4. The molecule has 0 unspecified atom stereocenters. The SMILES string of the molecule is Cc1nc(-c2cccc(NC(=O)c3cc(F)cc(Br)c3)c2)cs1. The number of nitrogens with one attached hydrogen (secondary N) is 1. The zero-order valence-corrected chi connectivity index (χ0v) is 14.5. The average Bonchev–Trinajstić information content (AvgIpc) is 2.93. The Bertz CT molecular complexity index is 858. The number of carbonyl (C=O) groups is 1. The van der Waals surface area contributed by atoms with Crippen molar-refractivity contribution in [1.29, 1.82) is 0 Å². The smallest absolute Gasteiger partial charge is 0.255 e. The second kappa shape index (κ2) is 6.60. The summed E-state index contributed by atoms with van der Waals surface area (Å²) in [5.74, 6) is -0.826. The molecular formula is C17H12BrFN2OS. The van der Waals surface area contributed by atoms with Crippen LogP contribution in [0.3, 0.4) is 0 Å². The Balaban J connectivity index is 1.84. The number of nitrogens with zero attached hydrogens (tertiary/aromatic N) is 1. The van der Waals surface area contributed by atoms with Gasteiger partial charge in [0.2, 0.25) is 0 Å². The first kappa shape index (κ1) is 15.8. The van der Waals surface area contributed by atoms with E-state index in [-0.39, 0.29) is 11.5 Å². The summed E-state index contributed by atoms with van der Waals surface area (Å²) in [6.45, 7) is 1.95. The number of thiazole rings is 1. The van der Waals surface area contributed by atoms with E-state index in [1.54, 1.807) is 23.5 Å². The van der Waals surface area contributed by atoms with E-state index in [9.17, 15) is 9.18 Å². The van der Waals surface area contributed by atoms with Gasteiger partial charge in [-0.15, -0.1) is 11.3 Å². The number of carbonyl (C=O) groups excluding carboxylic acids is 1. The third-order valence-electron chi connectivity index (χ3n) is 3.16. The standard InChI is InChI=1S/C17H12BrFN2OS/c1-10-20-16(9-23-10)11-3-2-4-15(7-11)21-17(22)12-5-13(18)8-14(19)6-12/h2-9H,1H3,(H,21,22). The second-order valence-electron chi connectivity index (χ2n) is 4.94. The summed E-state index contributed by atoms with van der Waals surface area (Å²) in [6, 6.07) is 11.5. The minimum absolute atomic E-state index is 0.256. The van der Waals surface area contributed by atoms with Crippen molar-refractivity contribution in [3.63, 3.8) is 0 Å². The molecule has 0 aliphatic heterocycles. The van der Waals surface area contributed by atoms with Crippen LogP contribution in [0.15, 0.2) is 52.3 Å². The average molecular weight is 391 g/mol. The van der Waals surface area contributed by atoms with Crippen LogP contribution in [0.25, 0.3) is 11.3 Å². The Hall–Kier alpha value is -2.05. The van der Waals surface area contributed by atoms with Crippen LogP contribution < -0.4 is 5.32 Å². The zero-order valence-electron chi connectivity index (χ0n) is 12.1. The third kappa shape index (κ3) is 3.83. The topological polar surface area (TPSA) is 42.0 Å². The minimum atomic E-state index is -0.462. The lowest BCUT2D eigenvalue weighted by Gasteiger charge is -2.07. The molecule has 1 aromatic heterocycles. The van der Waals surface area contributed by atoms with E-state index >= 15 is 0 Å². The number of anilines is 1. The van der Waals surface area contributed by atoms with Crippen LogP contribution in [0.2, 0.25) is 0 Å². The molecule has 1 heterocycles. The van der Waals surface area contributed by atoms with Crippen LogP contribution in [0, 0.1) is 12.7 Å². The molecule has 0 spiro atoms. The quantitative estimate of drug-likeness (QED) is 0.661. The van der Waals surface area contributed by atoms with E-state index in [1.807, 2.05) is 30.5 Å². The fraction of sp³-hybridized carbons (Fsp3) is 0.0588. The van der Waals surface area contributed by atoms with Gasteiger partial charge in [0.1, 0.15) is 5.82 Å².